The van der Waals surface area contributed by atoms with Crippen LogP contribution in [-0.2, 0) is 0 Å². The van der Waals surface area contributed by atoms with Gasteiger partial charge in [0.1, 0.15) is 8.07 Å². The zero-order valence-corrected chi connectivity index (χ0v) is 11.6. The molecule has 1 aliphatic heterocycles. The van der Waals surface area contributed by atoms with E-state index in [0.29, 0.717) is 5.04 Å². The summed E-state index contributed by atoms with van der Waals surface area (Å²) >= 11 is 0. The second-order valence-corrected chi connectivity index (χ2v) is 10.9. The van der Waals surface area contributed by atoms with Crippen molar-refractivity contribution in [1.82, 2.24) is 4.90 Å². The minimum atomic E-state index is -1.15. The molecule has 0 aliphatic carbocycles. The SMILES string of the molecule is C/C=C(/N(C)C)[Si]1(C(C)(C)C)CCC1. The lowest BCUT2D eigenvalue weighted by Gasteiger charge is -2.52. The van der Waals surface area contributed by atoms with Crippen molar-refractivity contribution in [2.75, 3.05) is 14.1 Å². The second-order valence-electron chi connectivity index (χ2n) is 5.75. The number of hydrogen-bond acceptors (Lipinski definition) is 1. The van der Waals surface area contributed by atoms with Crippen LogP contribution in [0, 0.1) is 0 Å². The Bertz CT molecular complexity index is 231. The lowest BCUT2D eigenvalue weighted by atomic mass is 10.2. The maximum atomic E-state index is 2.44. The fourth-order valence-corrected chi connectivity index (χ4v) is 8.13. The molecule has 0 atom stereocenters. The molecule has 0 saturated carbocycles. The highest BCUT2D eigenvalue weighted by Gasteiger charge is 2.52. The predicted octanol–water partition coefficient (Wildman–Crippen LogP) is 3.64. The molecule has 0 unspecified atom stereocenters. The quantitative estimate of drug-likeness (QED) is 0.630. The van der Waals surface area contributed by atoms with Crippen LogP contribution >= 0.6 is 0 Å². The number of allylic oxidation sites excluding steroid dienone is 1. The smallest absolute Gasteiger partial charge is 0.112 e. The Hall–Kier alpha value is -0.243. The van der Waals surface area contributed by atoms with Crippen LogP contribution in [0.15, 0.2) is 11.4 Å². The van der Waals surface area contributed by atoms with Crippen LogP contribution in [-0.4, -0.2) is 27.1 Å². The number of rotatable bonds is 2. The fourth-order valence-electron chi connectivity index (χ4n) is 2.88. The Kier molecular flexibility index (Phi) is 3.15. The van der Waals surface area contributed by atoms with E-state index in [1.54, 1.807) is 5.32 Å². The summed E-state index contributed by atoms with van der Waals surface area (Å²) in [6.07, 6.45) is 3.81. The highest BCUT2D eigenvalue weighted by atomic mass is 28.3. The van der Waals surface area contributed by atoms with Gasteiger partial charge < -0.3 is 4.90 Å². The zero-order chi connectivity index (χ0) is 11.0. The molecule has 1 saturated heterocycles. The summed E-state index contributed by atoms with van der Waals surface area (Å²) < 4.78 is 0. The van der Waals surface area contributed by atoms with Gasteiger partial charge in [-0.3, -0.25) is 0 Å². The van der Waals surface area contributed by atoms with E-state index in [4.69, 9.17) is 0 Å². The molecule has 14 heavy (non-hydrogen) atoms. The predicted molar refractivity (Wildman–Crippen MR) is 67.1 cm³/mol. The lowest BCUT2D eigenvalue weighted by molar-refractivity contribution is 0.514. The van der Waals surface area contributed by atoms with Gasteiger partial charge in [-0.25, -0.2) is 0 Å². The molecule has 1 fully saturated rings. The monoisotopic (exact) mass is 211 g/mol. The Morgan fingerprint density at radius 3 is 1.79 bits per heavy atom. The van der Waals surface area contributed by atoms with Gasteiger partial charge in [0, 0.05) is 14.1 Å². The molecule has 1 heterocycles. The fraction of sp³-hybridized carbons (Fsp3) is 0.833. The van der Waals surface area contributed by atoms with Crippen molar-refractivity contribution in [3.05, 3.63) is 11.4 Å². The molecular weight excluding hydrogens is 186 g/mol. The van der Waals surface area contributed by atoms with E-state index in [0.717, 1.165) is 0 Å². The van der Waals surface area contributed by atoms with E-state index in [1.807, 2.05) is 0 Å². The van der Waals surface area contributed by atoms with Crippen molar-refractivity contribution < 1.29 is 0 Å². The third-order valence-electron chi connectivity index (χ3n) is 3.89. The molecule has 82 valence electrons. The second kappa shape index (κ2) is 3.73. The number of nitrogens with zero attached hydrogens (tertiary/aromatic N) is 1. The van der Waals surface area contributed by atoms with E-state index in [9.17, 15) is 0 Å². The minimum absolute atomic E-state index is 0.525. The molecule has 0 amide bonds. The third-order valence-corrected chi connectivity index (χ3v) is 10.9. The van der Waals surface area contributed by atoms with Crippen LogP contribution in [0.3, 0.4) is 0 Å². The van der Waals surface area contributed by atoms with Crippen LogP contribution in [0.5, 0.6) is 0 Å². The molecule has 0 aromatic heterocycles. The van der Waals surface area contributed by atoms with Crippen LogP contribution in [0.25, 0.3) is 0 Å². The third kappa shape index (κ3) is 1.65. The van der Waals surface area contributed by atoms with Gasteiger partial charge in [0.15, 0.2) is 0 Å². The first-order valence-corrected chi connectivity index (χ1v) is 8.11. The first-order chi connectivity index (χ1) is 6.35. The molecular formula is C12H25NSi. The Morgan fingerprint density at radius 2 is 1.71 bits per heavy atom. The van der Waals surface area contributed by atoms with Gasteiger partial charge in [0.05, 0.1) is 0 Å². The average molecular weight is 211 g/mol. The molecule has 0 N–H and O–H groups in total. The Morgan fingerprint density at radius 1 is 1.21 bits per heavy atom. The summed E-state index contributed by atoms with van der Waals surface area (Å²) in [6.45, 7) is 9.51. The topological polar surface area (TPSA) is 3.24 Å². The van der Waals surface area contributed by atoms with Crippen LogP contribution in [0.2, 0.25) is 17.1 Å². The van der Waals surface area contributed by atoms with Gasteiger partial charge in [-0.05, 0) is 17.3 Å². The summed E-state index contributed by atoms with van der Waals surface area (Å²) in [6, 6.07) is 2.99. The van der Waals surface area contributed by atoms with E-state index in [1.165, 1.54) is 18.5 Å². The lowest BCUT2D eigenvalue weighted by Crippen LogP contribution is -2.55. The van der Waals surface area contributed by atoms with E-state index in [-0.39, 0.29) is 0 Å². The first-order valence-electron chi connectivity index (χ1n) is 5.69. The Balaban J connectivity index is 3.01. The number of hydrogen-bond donors (Lipinski definition) is 0. The maximum absolute atomic E-state index is 2.44. The molecule has 1 aliphatic rings. The van der Waals surface area contributed by atoms with Crippen LogP contribution in [0.1, 0.15) is 34.1 Å². The normalized spacial score (nSPS) is 21.7. The molecule has 0 radical (unpaired) electrons. The van der Waals surface area contributed by atoms with E-state index >= 15 is 0 Å². The summed E-state index contributed by atoms with van der Waals surface area (Å²) in [5.41, 5.74) is 0. The summed E-state index contributed by atoms with van der Waals surface area (Å²) in [4.78, 5) is 2.36. The van der Waals surface area contributed by atoms with Crippen molar-refractivity contribution in [3.63, 3.8) is 0 Å². The molecule has 0 aromatic carbocycles. The molecule has 1 nitrogen and oxygen atoms in total. The van der Waals surface area contributed by atoms with Gasteiger partial charge in [-0.1, -0.05) is 45.4 Å². The highest BCUT2D eigenvalue weighted by molar-refractivity contribution is 6.90. The molecule has 0 bridgehead atoms. The van der Waals surface area contributed by atoms with Crippen molar-refractivity contribution >= 4 is 8.07 Å². The van der Waals surface area contributed by atoms with Crippen LogP contribution in [0.4, 0.5) is 0 Å². The molecule has 2 heteroatoms. The first kappa shape index (κ1) is 11.8. The standard InChI is InChI=1S/C12H25NSi/c1-7-11(13(5)6)14(9-8-10-14)12(2,3)4/h7H,8-10H2,1-6H3/b11-7-. The van der Waals surface area contributed by atoms with Crippen molar-refractivity contribution in [1.29, 1.82) is 0 Å². The molecule has 0 spiro atoms. The zero-order valence-electron chi connectivity index (χ0n) is 10.6. The largest absolute Gasteiger partial charge is 0.385 e. The minimum Gasteiger partial charge on any atom is -0.385 e. The van der Waals surface area contributed by atoms with Gasteiger partial charge >= 0.3 is 0 Å². The van der Waals surface area contributed by atoms with Crippen molar-refractivity contribution in [2.24, 2.45) is 0 Å². The van der Waals surface area contributed by atoms with Crippen LogP contribution < -0.4 is 0 Å². The van der Waals surface area contributed by atoms with Gasteiger partial charge in [0.25, 0.3) is 0 Å². The van der Waals surface area contributed by atoms with Gasteiger partial charge in [-0.2, -0.15) is 0 Å². The van der Waals surface area contributed by atoms with Crippen molar-refractivity contribution in [3.8, 4) is 0 Å². The average Bonchev–Trinajstić information content (AvgIpc) is 1.92. The van der Waals surface area contributed by atoms with E-state index < -0.39 is 8.07 Å². The summed E-state index contributed by atoms with van der Waals surface area (Å²) in [5, 5.41) is 2.19. The summed E-state index contributed by atoms with van der Waals surface area (Å²) in [5.74, 6) is 0. The molecule has 0 aromatic rings. The molecule has 1 rings (SSSR count). The van der Waals surface area contributed by atoms with Crippen molar-refractivity contribution in [2.45, 2.75) is 51.2 Å². The summed E-state index contributed by atoms with van der Waals surface area (Å²) in [7, 11) is 3.26. The highest BCUT2D eigenvalue weighted by Crippen LogP contribution is 2.54. The maximum Gasteiger partial charge on any atom is 0.112 e. The Labute approximate surface area is 90.2 Å². The van der Waals surface area contributed by atoms with Gasteiger partial charge in [0.2, 0.25) is 0 Å². The van der Waals surface area contributed by atoms with Gasteiger partial charge in [-0.15, -0.1) is 0 Å². The van der Waals surface area contributed by atoms with E-state index in [2.05, 4.69) is 52.8 Å².